The zero-order valence-corrected chi connectivity index (χ0v) is 12.9. The van der Waals surface area contributed by atoms with Crippen LogP contribution in [0.1, 0.15) is 28.4 Å². The first kappa shape index (κ1) is 16.3. The van der Waals surface area contributed by atoms with Gasteiger partial charge in [0.2, 0.25) is 5.91 Å². The van der Waals surface area contributed by atoms with Crippen LogP contribution in [0.2, 0.25) is 5.02 Å². The third-order valence-electron chi connectivity index (χ3n) is 2.88. The molecular weight excluding hydrogens is 280 g/mol. The van der Waals surface area contributed by atoms with E-state index in [1.165, 1.54) is 14.0 Å². The number of methoxy groups -OCH3 is 1. The van der Waals surface area contributed by atoms with Crippen LogP contribution in [0.15, 0.2) is 6.07 Å². The maximum atomic E-state index is 12.2. The van der Waals surface area contributed by atoms with Gasteiger partial charge in [0.15, 0.2) is 0 Å². The number of benzene rings is 1. The fraction of sp³-hybridized carbons (Fsp3) is 0.429. The highest BCUT2D eigenvalue weighted by Gasteiger charge is 2.18. The van der Waals surface area contributed by atoms with Crippen molar-refractivity contribution in [3.8, 4) is 5.75 Å². The summed E-state index contributed by atoms with van der Waals surface area (Å²) in [5, 5.41) is 5.88. The minimum absolute atomic E-state index is 0.133. The van der Waals surface area contributed by atoms with Crippen molar-refractivity contribution in [2.75, 3.05) is 20.2 Å². The summed E-state index contributed by atoms with van der Waals surface area (Å²) in [7, 11) is 1.51. The second-order valence-corrected chi connectivity index (χ2v) is 4.83. The van der Waals surface area contributed by atoms with Crippen LogP contribution < -0.4 is 15.4 Å². The monoisotopic (exact) mass is 298 g/mol. The predicted molar refractivity (Wildman–Crippen MR) is 78.5 cm³/mol. The Morgan fingerprint density at radius 1 is 1.25 bits per heavy atom. The number of ether oxygens (including phenoxy) is 1. The van der Waals surface area contributed by atoms with Gasteiger partial charge in [0.25, 0.3) is 5.91 Å². The minimum Gasteiger partial charge on any atom is -0.496 e. The van der Waals surface area contributed by atoms with Crippen molar-refractivity contribution < 1.29 is 14.3 Å². The topological polar surface area (TPSA) is 67.4 Å². The summed E-state index contributed by atoms with van der Waals surface area (Å²) in [4.78, 5) is 22.9. The molecule has 0 aromatic heterocycles. The average molecular weight is 299 g/mol. The number of hydrogen-bond donors (Lipinski definition) is 2. The predicted octanol–water partition coefficient (Wildman–Crippen LogP) is 1.83. The number of halogens is 1. The molecule has 6 heteroatoms. The Kier molecular flexibility index (Phi) is 5.82. The molecule has 0 spiro atoms. The number of carbonyl (C=O) groups is 2. The number of aryl methyl sites for hydroxylation is 1. The standard InChI is InChI=1S/C14H19ClN2O3/c1-8-7-11(20-4)12(9(2)13(8)15)14(19)17-6-5-16-10(3)18/h7H,5-6H2,1-4H3,(H,16,18)(H,17,19). The largest absolute Gasteiger partial charge is 0.496 e. The lowest BCUT2D eigenvalue weighted by molar-refractivity contribution is -0.118. The van der Waals surface area contributed by atoms with Crippen molar-refractivity contribution in [3.63, 3.8) is 0 Å². The van der Waals surface area contributed by atoms with E-state index in [0.29, 0.717) is 35.0 Å². The smallest absolute Gasteiger partial charge is 0.255 e. The zero-order valence-electron chi connectivity index (χ0n) is 12.1. The van der Waals surface area contributed by atoms with Crippen LogP contribution in [0, 0.1) is 13.8 Å². The first-order valence-electron chi connectivity index (χ1n) is 6.24. The summed E-state index contributed by atoms with van der Waals surface area (Å²) in [6.07, 6.45) is 0. The molecule has 1 rings (SSSR count). The molecule has 0 aliphatic rings. The van der Waals surface area contributed by atoms with Crippen molar-refractivity contribution in [2.45, 2.75) is 20.8 Å². The summed E-state index contributed by atoms with van der Waals surface area (Å²) in [6, 6.07) is 1.73. The molecule has 2 amide bonds. The van der Waals surface area contributed by atoms with Crippen LogP contribution in [0.4, 0.5) is 0 Å². The maximum Gasteiger partial charge on any atom is 0.255 e. The number of carbonyl (C=O) groups excluding carboxylic acids is 2. The zero-order chi connectivity index (χ0) is 15.3. The Labute approximate surface area is 123 Å². The van der Waals surface area contributed by atoms with Gasteiger partial charge in [-0.15, -0.1) is 0 Å². The van der Waals surface area contributed by atoms with Crippen LogP contribution in [-0.2, 0) is 4.79 Å². The third kappa shape index (κ3) is 3.87. The van der Waals surface area contributed by atoms with Crippen LogP contribution >= 0.6 is 11.6 Å². The summed E-state index contributed by atoms with van der Waals surface area (Å²) in [5.74, 6) is 0.0828. The molecule has 0 unspecified atom stereocenters. The van der Waals surface area contributed by atoms with Gasteiger partial charge >= 0.3 is 0 Å². The SMILES string of the molecule is COc1cc(C)c(Cl)c(C)c1C(=O)NCCNC(C)=O. The molecule has 5 nitrogen and oxygen atoms in total. The van der Waals surface area contributed by atoms with Crippen molar-refractivity contribution in [1.82, 2.24) is 10.6 Å². The lowest BCUT2D eigenvalue weighted by Gasteiger charge is -2.15. The van der Waals surface area contributed by atoms with Gasteiger partial charge in [-0.2, -0.15) is 0 Å². The normalized spacial score (nSPS) is 10.1. The summed E-state index contributed by atoms with van der Waals surface area (Å²) >= 11 is 6.17. The Morgan fingerprint density at radius 2 is 1.85 bits per heavy atom. The van der Waals surface area contributed by atoms with Gasteiger partial charge in [-0.1, -0.05) is 11.6 Å². The number of rotatable bonds is 5. The maximum absolute atomic E-state index is 12.2. The van der Waals surface area contributed by atoms with Crippen molar-refractivity contribution >= 4 is 23.4 Å². The Hall–Kier alpha value is -1.75. The highest BCUT2D eigenvalue weighted by Crippen LogP contribution is 2.31. The number of hydrogen-bond acceptors (Lipinski definition) is 3. The molecule has 110 valence electrons. The van der Waals surface area contributed by atoms with Gasteiger partial charge in [-0.05, 0) is 31.0 Å². The molecule has 0 heterocycles. The summed E-state index contributed by atoms with van der Waals surface area (Å²) in [5.41, 5.74) is 1.96. The van der Waals surface area contributed by atoms with Gasteiger partial charge in [0.05, 0.1) is 12.7 Å². The molecule has 20 heavy (non-hydrogen) atoms. The fourth-order valence-electron chi connectivity index (χ4n) is 1.87. The molecule has 0 radical (unpaired) electrons. The molecule has 2 N–H and O–H groups in total. The van der Waals surface area contributed by atoms with E-state index in [-0.39, 0.29) is 11.8 Å². The first-order chi connectivity index (χ1) is 9.38. The number of amides is 2. The third-order valence-corrected chi connectivity index (χ3v) is 3.46. The Balaban J connectivity index is 2.87. The molecule has 1 aromatic carbocycles. The van der Waals surface area contributed by atoms with Crippen LogP contribution in [-0.4, -0.2) is 32.0 Å². The Morgan fingerprint density at radius 3 is 2.40 bits per heavy atom. The minimum atomic E-state index is -0.272. The fourth-order valence-corrected chi connectivity index (χ4v) is 2.02. The first-order valence-corrected chi connectivity index (χ1v) is 6.62. The van der Waals surface area contributed by atoms with E-state index < -0.39 is 0 Å². The summed E-state index contributed by atoms with van der Waals surface area (Å²) in [6.45, 7) is 5.78. The molecule has 0 atom stereocenters. The van der Waals surface area contributed by atoms with Gasteiger partial charge in [0.1, 0.15) is 5.75 Å². The van der Waals surface area contributed by atoms with E-state index in [2.05, 4.69) is 10.6 Å². The van der Waals surface area contributed by atoms with E-state index in [9.17, 15) is 9.59 Å². The molecule has 0 bridgehead atoms. The van der Waals surface area contributed by atoms with Gasteiger partial charge < -0.3 is 15.4 Å². The van der Waals surface area contributed by atoms with E-state index >= 15 is 0 Å². The molecule has 1 aromatic rings. The second-order valence-electron chi connectivity index (χ2n) is 4.45. The van der Waals surface area contributed by atoms with Crippen LogP contribution in [0.25, 0.3) is 0 Å². The molecule has 0 aliphatic carbocycles. The van der Waals surface area contributed by atoms with E-state index in [0.717, 1.165) is 5.56 Å². The lowest BCUT2D eigenvalue weighted by atomic mass is 10.0. The average Bonchev–Trinajstić information content (AvgIpc) is 2.40. The molecule has 0 aliphatic heterocycles. The van der Waals surface area contributed by atoms with Gasteiger partial charge in [0, 0.05) is 25.0 Å². The number of nitrogens with one attached hydrogen (secondary N) is 2. The molecule has 0 saturated heterocycles. The highest BCUT2D eigenvalue weighted by molar-refractivity contribution is 6.32. The van der Waals surface area contributed by atoms with Crippen molar-refractivity contribution in [2.24, 2.45) is 0 Å². The van der Waals surface area contributed by atoms with Crippen molar-refractivity contribution in [1.29, 1.82) is 0 Å². The quantitative estimate of drug-likeness (QED) is 0.815. The van der Waals surface area contributed by atoms with Gasteiger partial charge in [-0.25, -0.2) is 0 Å². The lowest BCUT2D eigenvalue weighted by Crippen LogP contribution is -2.34. The van der Waals surface area contributed by atoms with E-state index in [4.69, 9.17) is 16.3 Å². The second kappa shape index (κ2) is 7.14. The van der Waals surface area contributed by atoms with E-state index in [1.54, 1.807) is 13.0 Å². The van der Waals surface area contributed by atoms with Gasteiger partial charge in [-0.3, -0.25) is 9.59 Å². The van der Waals surface area contributed by atoms with E-state index in [1.807, 2.05) is 6.92 Å². The highest BCUT2D eigenvalue weighted by atomic mass is 35.5. The molecule has 0 fully saturated rings. The molecule has 0 saturated carbocycles. The van der Waals surface area contributed by atoms with Crippen molar-refractivity contribution in [3.05, 3.63) is 27.8 Å². The van der Waals surface area contributed by atoms with Crippen LogP contribution in [0.5, 0.6) is 5.75 Å². The summed E-state index contributed by atoms with van der Waals surface area (Å²) < 4.78 is 5.24. The Bertz CT molecular complexity index is 530. The van der Waals surface area contributed by atoms with Crippen LogP contribution in [0.3, 0.4) is 0 Å². The molecular formula is C14H19ClN2O3.